The molecule has 5 rings (SSSR count). The Morgan fingerprint density at radius 3 is 3.00 bits per heavy atom. The van der Waals surface area contributed by atoms with Gasteiger partial charge in [-0.25, -0.2) is 9.97 Å². The monoisotopic (exact) mass is 279 g/mol. The van der Waals surface area contributed by atoms with E-state index in [4.69, 9.17) is 0 Å². The van der Waals surface area contributed by atoms with Crippen LogP contribution in [0, 0.1) is 0 Å². The van der Waals surface area contributed by atoms with Crippen LogP contribution in [0.2, 0.25) is 0 Å². The van der Waals surface area contributed by atoms with Crippen LogP contribution in [0.4, 0.5) is 0 Å². The fraction of sp³-hybridized carbons (Fsp3) is 0.133. The largest absolute Gasteiger partial charge is 0.315 e. The van der Waals surface area contributed by atoms with E-state index in [-0.39, 0.29) is 0 Å². The second kappa shape index (κ2) is 3.43. The Hall–Kier alpha value is -2.27. The summed E-state index contributed by atoms with van der Waals surface area (Å²) in [4.78, 5) is 10.3. The highest BCUT2D eigenvalue weighted by molar-refractivity contribution is 7.21. The fourth-order valence-corrected chi connectivity index (χ4v) is 4.37. The van der Waals surface area contributed by atoms with Crippen molar-refractivity contribution in [2.75, 3.05) is 0 Å². The molecule has 0 atom stereocenters. The first-order valence-electron chi connectivity index (χ1n) is 6.54. The molecule has 0 radical (unpaired) electrons. The number of nitrogens with zero attached hydrogens (tertiary/aromatic N) is 4. The van der Waals surface area contributed by atoms with Crippen LogP contribution in [0.15, 0.2) is 36.7 Å². The molecule has 0 saturated carbocycles. The van der Waals surface area contributed by atoms with Gasteiger partial charge in [0.1, 0.15) is 5.65 Å². The van der Waals surface area contributed by atoms with Crippen LogP contribution in [0.5, 0.6) is 0 Å². The van der Waals surface area contributed by atoms with Crippen LogP contribution in [0.1, 0.15) is 5.56 Å². The fourth-order valence-electron chi connectivity index (χ4n) is 3.10. The summed E-state index contributed by atoms with van der Waals surface area (Å²) in [6.07, 6.45) is 3.73. The zero-order chi connectivity index (χ0) is 13.3. The average molecular weight is 279 g/mol. The van der Waals surface area contributed by atoms with Gasteiger partial charge in [0.25, 0.3) is 10.5 Å². The second-order valence-corrected chi connectivity index (χ2v) is 6.07. The molecule has 0 unspecified atom stereocenters. The summed E-state index contributed by atoms with van der Waals surface area (Å²) in [7, 11) is 2.09. The molecule has 0 N–H and O–H groups in total. The van der Waals surface area contributed by atoms with E-state index in [0.29, 0.717) is 0 Å². The highest BCUT2D eigenvalue weighted by atomic mass is 32.1. The summed E-state index contributed by atoms with van der Waals surface area (Å²) in [5.41, 5.74) is 4.77. The van der Waals surface area contributed by atoms with Crippen molar-refractivity contribution in [3.63, 3.8) is 0 Å². The third kappa shape index (κ3) is 1.10. The Morgan fingerprint density at radius 2 is 2.05 bits per heavy atom. The van der Waals surface area contributed by atoms with E-state index in [1.807, 2.05) is 24.5 Å². The average Bonchev–Trinajstić information content (AvgIpc) is 3.09. The van der Waals surface area contributed by atoms with E-state index in [9.17, 15) is 0 Å². The van der Waals surface area contributed by atoms with Gasteiger partial charge in [0, 0.05) is 19.4 Å². The Kier molecular flexibility index (Phi) is 1.80. The molecule has 4 nitrogen and oxygen atoms in total. The molecule has 0 aliphatic carbocycles. The molecule has 5 heteroatoms. The van der Waals surface area contributed by atoms with Gasteiger partial charge in [-0.15, -0.1) is 0 Å². The van der Waals surface area contributed by atoms with Gasteiger partial charge in [-0.1, -0.05) is 0 Å². The second-order valence-electron chi connectivity index (χ2n) is 5.09. The quantitative estimate of drug-likeness (QED) is 0.408. The van der Waals surface area contributed by atoms with Crippen molar-refractivity contribution in [2.45, 2.75) is 6.54 Å². The number of fused-ring (bicyclic) bond motifs is 7. The predicted molar refractivity (Wildman–Crippen MR) is 78.6 cm³/mol. The molecular weight excluding hydrogens is 268 g/mol. The number of thiazole rings is 1. The molecule has 4 aromatic heterocycles. The van der Waals surface area contributed by atoms with Gasteiger partial charge in [-0.3, -0.25) is 0 Å². The number of hydrogen-bond acceptors (Lipinski definition) is 3. The first-order chi connectivity index (χ1) is 9.84. The molecule has 5 heterocycles. The first kappa shape index (κ1) is 10.5. The van der Waals surface area contributed by atoms with E-state index in [2.05, 4.69) is 38.3 Å². The Bertz CT molecular complexity index is 996. The van der Waals surface area contributed by atoms with Crippen LogP contribution in [-0.2, 0) is 13.6 Å². The molecule has 96 valence electrons. The summed E-state index contributed by atoms with van der Waals surface area (Å²) < 4.78 is 4.56. The van der Waals surface area contributed by atoms with Crippen LogP contribution in [0.3, 0.4) is 0 Å². The van der Waals surface area contributed by atoms with E-state index in [0.717, 1.165) is 17.9 Å². The normalized spacial score (nSPS) is 13.1. The molecule has 1 aliphatic heterocycles. The zero-order valence-electron chi connectivity index (χ0n) is 10.9. The Balaban J connectivity index is 1.97. The molecule has 0 amide bonds. The Morgan fingerprint density at radius 1 is 1.20 bits per heavy atom. The summed E-state index contributed by atoms with van der Waals surface area (Å²) in [5.74, 6) is 0. The van der Waals surface area contributed by atoms with Crippen molar-refractivity contribution < 1.29 is 4.57 Å². The lowest BCUT2D eigenvalue weighted by Crippen LogP contribution is -2.30. The van der Waals surface area contributed by atoms with Gasteiger partial charge >= 0.3 is 0 Å². The minimum Gasteiger partial charge on any atom is -0.315 e. The maximum Gasteiger partial charge on any atom is 0.291 e. The van der Waals surface area contributed by atoms with E-state index < -0.39 is 0 Å². The van der Waals surface area contributed by atoms with E-state index >= 15 is 0 Å². The van der Waals surface area contributed by atoms with Crippen molar-refractivity contribution in [3.8, 4) is 10.7 Å². The smallest absolute Gasteiger partial charge is 0.291 e. The zero-order valence-corrected chi connectivity index (χ0v) is 11.7. The number of aromatic nitrogens is 4. The lowest BCUT2D eigenvalue weighted by molar-refractivity contribution is -0.641. The van der Waals surface area contributed by atoms with Crippen molar-refractivity contribution in [2.24, 2.45) is 7.05 Å². The third-order valence-corrected chi connectivity index (χ3v) is 5.27. The maximum atomic E-state index is 4.55. The van der Waals surface area contributed by atoms with Gasteiger partial charge < -0.3 is 4.57 Å². The van der Waals surface area contributed by atoms with Gasteiger partial charge in [0.05, 0.1) is 10.9 Å². The molecule has 0 fully saturated rings. The summed E-state index contributed by atoms with van der Waals surface area (Å²) in [6.45, 7) is 0.909. The lowest BCUT2D eigenvalue weighted by Gasteiger charge is -1.92. The van der Waals surface area contributed by atoms with Gasteiger partial charge in [0.15, 0.2) is 17.1 Å². The van der Waals surface area contributed by atoms with Crippen molar-refractivity contribution in [1.82, 2.24) is 14.5 Å². The van der Waals surface area contributed by atoms with Crippen LogP contribution in [0.25, 0.3) is 32.1 Å². The maximum absolute atomic E-state index is 4.55. The van der Waals surface area contributed by atoms with Crippen molar-refractivity contribution in [1.29, 1.82) is 0 Å². The Labute approximate surface area is 119 Å². The van der Waals surface area contributed by atoms with E-state index in [1.54, 1.807) is 11.3 Å². The minimum atomic E-state index is 0.909. The molecule has 20 heavy (non-hydrogen) atoms. The highest BCUT2D eigenvalue weighted by Gasteiger charge is 2.35. The van der Waals surface area contributed by atoms with Gasteiger partial charge in [-0.2, -0.15) is 4.57 Å². The van der Waals surface area contributed by atoms with Gasteiger partial charge in [0.2, 0.25) is 0 Å². The molecule has 4 aromatic rings. The SMILES string of the molecule is Cn1c2ncccc2c2c1sc1[n+]2Cc2cccnc2-1. The summed E-state index contributed by atoms with van der Waals surface area (Å²) >= 11 is 1.80. The summed E-state index contributed by atoms with van der Waals surface area (Å²) in [6, 6.07) is 8.34. The molecule has 0 aromatic carbocycles. The van der Waals surface area contributed by atoms with Crippen LogP contribution in [-0.4, -0.2) is 14.5 Å². The lowest BCUT2D eigenvalue weighted by atomic mass is 10.2. The number of aryl methyl sites for hydroxylation is 1. The van der Waals surface area contributed by atoms with E-state index in [1.165, 1.54) is 26.3 Å². The van der Waals surface area contributed by atoms with Crippen molar-refractivity contribution >= 4 is 32.7 Å². The van der Waals surface area contributed by atoms with Crippen LogP contribution < -0.4 is 4.57 Å². The first-order valence-corrected chi connectivity index (χ1v) is 7.36. The number of pyridine rings is 2. The standard InChI is InChI=1S/C15H11N4S/c1-18-13-10(5-3-7-17-13)12-15(18)20-14-11-9(8-19(12)14)4-2-6-16-11/h2-7H,8H2,1H3/q+1. The van der Waals surface area contributed by atoms with Crippen LogP contribution >= 0.6 is 11.3 Å². The third-order valence-electron chi connectivity index (χ3n) is 4.00. The topological polar surface area (TPSA) is 34.6 Å². The molecular formula is C15H11N4S+. The molecule has 0 saturated heterocycles. The minimum absolute atomic E-state index is 0.909. The number of hydrogen-bond donors (Lipinski definition) is 0. The summed E-state index contributed by atoms with van der Waals surface area (Å²) in [5, 5.41) is 2.48. The molecule has 1 aliphatic rings. The molecule has 0 bridgehead atoms. The highest BCUT2D eigenvalue weighted by Crippen LogP contribution is 2.37. The number of rotatable bonds is 0. The van der Waals surface area contributed by atoms with Crippen molar-refractivity contribution in [3.05, 3.63) is 42.2 Å². The predicted octanol–water partition coefficient (Wildman–Crippen LogP) is 2.50. The van der Waals surface area contributed by atoms with Gasteiger partial charge in [-0.05, 0) is 35.6 Å². The molecule has 0 spiro atoms.